The molecule has 1 saturated heterocycles. The average Bonchev–Trinajstić information content (AvgIpc) is 2.47. The van der Waals surface area contributed by atoms with Gasteiger partial charge in [0, 0.05) is 42.6 Å². The van der Waals surface area contributed by atoms with E-state index in [1.807, 2.05) is 31.2 Å². The van der Waals surface area contributed by atoms with Crippen LogP contribution in [0.4, 0.5) is 9.59 Å². The number of pyridine rings is 2. The first-order valence-corrected chi connectivity index (χ1v) is 28.7. The number of unbranched alkanes of at least 4 members (excludes halogenated alkanes) is 1. The molecule has 0 unspecified atom stereocenters. The summed E-state index contributed by atoms with van der Waals surface area (Å²) in [5.74, 6) is -5.36. The number of aryl methyl sites for hydroxylation is 1. The molecule has 0 aliphatic carbocycles. The maximum absolute atomic E-state index is 14.5. The number of para-hydroxylation sites is 1. The van der Waals surface area contributed by atoms with E-state index in [-0.39, 0.29) is 109 Å². The zero-order valence-corrected chi connectivity index (χ0v) is 49.6. The first kappa shape index (κ1) is 65.0. The lowest BCUT2D eigenvalue weighted by atomic mass is 9.85. The molecule has 0 radical (unpaired) electrons. The standard InChI is InChI=1S/C59H83N7O17/c1-11-37-38-18-13-14-19-42(38)63-49-39(37)34-66-45(49)32-41-40(51(66)70)35-80-54(73)59(41,12-2)81-53(72)48(36(3)4)64-50(69)44-20-17-24-65(44)52(71)43(33-47(68)79-25-16-15-22-60-55(74)82-57(5,6)7)62-46(67)21-26-76-28-30-78-31-29-77-27-23-61-56(75)83-58(8,9)10/h13-14,18-19,32,36,43-44,48H,11-12,15-17,20-31,33-35H2,1-10H3,(H,60,74)(H,61,75)(H,62,67)(H,64,69)/t43-,44-,48-,59-/m0/s1. The molecule has 2 aromatic heterocycles. The lowest BCUT2D eigenvalue weighted by Crippen LogP contribution is -2.57. The summed E-state index contributed by atoms with van der Waals surface area (Å²) in [6, 6.07) is 5.44. The van der Waals surface area contributed by atoms with Gasteiger partial charge < -0.3 is 68.6 Å². The van der Waals surface area contributed by atoms with Crippen LogP contribution in [-0.2, 0) is 91.8 Å². The minimum absolute atomic E-state index is 0.0529. The summed E-state index contributed by atoms with van der Waals surface area (Å²) in [5.41, 5.74) is 0.303. The van der Waals surface area contributed by atoms with Crippen LogP contribution in [0.15, 0.2) is 35.1 Å². The van der Waals surface area contributed by atoms with E-state index in [1.165, 1.54) is 4.90 Å². The third kappa shape index (κ3) is 17.4. The SMILES string of the molecule is CCc1c2c(nc3ccccc13)-c1cc3c(c(=O)n1C2)COC(=O)[C@@]3(CC)OC(=O)[C@@H](NC(=O)[C@@H]1CCCN1C(=O)[C@H](CC(=O)OCCCCNC(=O)OC(C)(C)C)NC(=O)CCOCCOCCOCCNC(=O)OC(C)(C)C)C(C)C. The molecule has 5 heterocycles. The predicted octanol–water partition coefficient (Wildman–Crippen LogP) is 5.01. The molecule has 4 N–H and O–H groups in total. The minimum atomic E-state index is -2.07. The topological polar surface area (TPSA) is 297 Å². The Morgan fingerprint density at radius 3 is 2.11 bits per heavy atom. The van der Waals surface area contributed by atoms with Crippen molar-refractivity contribution in [2.75, 3.05) is 65.9 Å². The van der Waals surface area contributed by atoms with E-state index in [9.17, 15) is 43.2 Å². The molecule has 24 nitrogen and oxygen atoms in total. The fourth-order valence-electron chi connectivity index (χ4n) is 10.0. The van der Waals surface area contributed by atoms with E-state index < -0.39 is 101 Å². The van der Waals surface area contributed by atoms with Crippen LogP contribution in [0.3, 0.4) is 0 Å². The van der Waals surface area contributed by atoms with Crippen LogP contribution >= 0.6 is 0 Å². The largest absolute Gasteiger partial charge is 0.466 e. The molecular formula is C59H83N7O17. The highest BCUT2D eigenvalue weighted by Gasteiger charge is 2.52. The van der Waals surface area contributed by atoms with Crippen LogP contribution in [0.1, 0.15) is 136 Å². The molecule has 3 aliphatic rings. The van der Waals surface area contributed by atoms with Gasteiger partial charge in [0.25, 0.3) is 5.56 Å². The summed E-state index contributed by atoms with van der Waals surface area (Å²) < 4.78 is 45.8. The number of hydrogen-bond donors (Lipinski definition) is 4. The van der Waals surface area contributed by atoms with Crippen molar-refractivity contribution in [3.8, 4) is 11.4 Å². The lowest BCUT2D eigenvalue weighted by molar-refractivity contribution is -0.191. The number of hydrogen-bond acceptors (Lipinski definition) is 18. The van der Waals surface area contributed by atoms with E-state index in [0.29, 0.717) is 37.1 Å². The van der Waals surface area contributed by atoms with Crippen molar-refractivity contribution in [1.29, 1.82) is 0 Å². The number of carbonyl (C=O) groups excluding carboxylic acids is 8. The van der Waals surface area contributed by atoms with E-state index in [2.05, 4.69) is 21.3 Å². The molecule has 3 aliphatic heterocycles. The summed E-state index contributed by atoms with van der Waals surface area (Å²) in [7, 11) is 0. The van der Waals surface area contributed by atoms with Crippen molar-refractivity contribution in [3.63, 3.8) is 0 Å². The molecule has 5 amide bonds. The summed E-state index contributed by atoms with van der Waals surface area (Å²) >= 11 is 0. The van der Waals surface area contributed by atoms with E-state index >= 15 is 0 Å². The van der Waals surface area contributed by atoms with Gasteiger partial charge in [-0.2, -0.15) is 0 Å². The molecule has 1 fully saturated rings. The Morgan fingerprint density at radius 2 is 1.46 bits per heavy atom. The van der Waals surface area contributed by atoms with Gasteiger partial charge in [0.2, 0.25) is 23.3 Å². The number of likely N-dealkylation sites (tertiary alicyclic amines) is 1. The first-order chi connectivity index (χ1) is 39.4. The fraction of sp³-hybridized carbons (Fsp3) is 0.627. The zero-order chi connectivity index (χ0) is 60.6. The Morgan fingerprint density at radius 1 is 0.807 bits per heavy atom. The highest BCUT2D eigenvalue weighted by atomic mass is 16.6. The van der Waals surface area contributed by atoms with Crippen molar-refractivity contribution >= 4 is 58.7 Å². The van der Waals surface area contributed by atoms with Gasteiger partial charge in [0.15, 0.2) is 0 Å². The highest BCUT2D eigenvalue weighted by molar-refractivity contribution is 5.96. The minimum Gasteiger partial charge on any atom is -0.466 e. The van der Waals surface area contributed by atoms with Gasteiger partial charge in [0.05, 0.1) is 81.7 Å². The molecule has 456 valence electrons. The second-order valence-electron chi connectivity index (χ2n) is 22.9. The van der Waals surface area contributed by atoms with Crippen molar-refractivity contribution in [2.24, 2.45) is 5.92 Å². The molecule has 3 aromatic rings. The number of fused-ring (bicyclic) bond motifs is 5. The quantitative estimate of drug-likeness (QED) is 0.0330. The van der Waals surface area contributed by atoms with Gasteiger partial charge in [-0.05, 0) is 104 Å². The maximum Gasteiger partial charge on any atom is 0.407 e. The normalized spacial score (nSPS) is 17.1. The number of esters is 3. The summed E-state index contributed by atoms with van der Waals surface area (Å²) in [6.07, 6.45) is -0.00246. The van der Waals surface area contributed by atoms with Crippen LogP contribution in [0.2, 0.25) is 0 Å². The van der Waals surface area contributed by atoms with E-state index in [4.69, 9.17) is 42.9 Å². The molecule has 0 bridgehead atoms. The van der Waals surface area contributed by atoms with Gasteiger partial charge in [-0.3, -0.25) is 24.0 Å². The predicted molar refractivity (Wildman–Crippen MR) is 302 cm³/mol. The van der Waals surface area contributed by atoms with E-state index in [0.717, 1.165) is 22.0 Å². The van der Waals surface area contributed by atoms with Crippen molar-refractivity contribution in [1.82, 2.24) is 35.7 Å². The summed E-state index contributed by atoms with van der Waals surface area (Å²) in [4.78, 5) is 129. The van der Waals surface area contributed by atoms with Crippen LogP contribution < -0.4 is 26.8 Å². The smallest absolute Gasteiger partial charge is 0.407 e. The van der Waals surface area contributed by atoms with Crippen LogP contribution in [0.25, 0.3) is 22.3 Å². The van der Waals surface area contributed by atoms with Crippen molar-refractivity contribution < 1.29 is 76.3 Å². The molecule has 83 heavy (non-hydrogen) atoms. The van der Waals surface area contributed by atoms with Crippen LogP contribution in [0.5, 0.6) is 0 Å². The molecule has 0 saturated carbocycles. The Balaban J connectivity index is 1.09. The zero-order valence-electron chi connectivity index (χ0n) is 49.6. The number of ether oxygens (including phenoxy) is 8. The Labute approximate surface area is 484 Å². The Hall–Kier alpha value is -7.18. The number of carbonyl (C=O) groups is 8. The maximum atomic E-state index is 14.5. The van der Waals surface area contributed by atoms with Crippen LogP contribution in [-0.4, -0.2) is 157 Å². The first-order valence-electron chi connectivity index (χ1n) is 28.7. The van der Waals surface area contributed by atoms with Gasteiger partial charge in [0.1, 0.15) is 35.9 Å². The highest BCUT2D eigenvalue weighted by Crippen LogP contribution is 2.42. The van der Waals surface area contributed by atoms with Gasteiger partial charge in [-0.25, -0.2) is 24.2 Å². The van der Waals surface area contributed by atoms with Crippen molar-refractivity contribution in [2.45, 2.75) is 169 Å². The molecular weight excluding hydrogens is 1080 g/mol. The number of benzene rings is 1. The molecule has 4 atom stereocenters. The van der Waals surface area contributed by atoms with Crippen molar-refractivity contribution in [3.05, 3.63) is 62.9 Å². The Bertz CT molecular complexity index is 2890. The number of nitrogens with zero attached hydrogens (tertiary/aromatic N) is 3. The third-order valence-corrected chi connectivity index (χ3v) is 14.0. The molecule has 0 spiro atoms. The third-order valence-electron chi connectivity index (χ3n) is 14.0. The molecule has 6 rings (SSSR count). The van der Waals surface area contributed by atoms with E-state index in [1.54, 1.807) is 72.9 Å². The van der Waals surface area contributed by atoms with Gasteiger partial charge in [-0.1, -0.05) is 45.9 Å². The molecule has 24 heteroatoms. The fourth-order valence-corrected chi connectivity index (χ4v) is 10.0. The Kier molecular flexibility index (Phi) is 23.0. The molecule has 1 aromatic carbocycles. The summed E-state index contributed by atoms with van der Waals surface area (Å²) in [6.45, 7) is 19.0. The average molecular weight is 1160 g/mol. The number of alkyl carbamates (subject to hydrolysis) is 2. The van der Waals surface area contributed by atoms with Gasteiger partial charge >= 0.3 is 30.1 Å². The second kappa shape index (κ2) is 29.4. The number of nitrogens with one attached hydrogen (secondary N) is 4. The monoisotopic (exact) mass is 1160 g/mol. The second-order valence-corrected chi connectivity index (χ2v) is 22.9. The van der Waals surface area contributed by atoms with Crippen LogP contribution in [0, 0.1) is 5.92 Å². The lowest BCUT2D eigenvalue weighted by Gasteiger charge is -2.37. The van der Waals surface area contributed by atoms with Gasteiger partial charge in [-0.15, -0.1) is 0 Å². The number of aromatic nitrogens is 2. The number of cyclic esters (lactones) is 1. The number of amides is 5. The number of rotatable bonds is 28. The summed E-state index contributed by atoms with van der Waals surface area (Å²) in [5, 5.41) is 11.6.